The van der Waals surface area contributed by atoms with Crippen LogP contribution in [0.4, 0.5) is 0 Å². The van der Waals surface area contributed by atoms with Crippen molar-refractivity contribution in [3.63, 3.8) is 0 Å². The van der Waals surface area contributed by atoms with Crippen LogP contribution in [0.2, 0.25) is 10.0 Å². The summed E-state index contributed by atoms with van der Waals surface area (Å²) in [5.41, 5.74) is 2.17. The molecule has 0 bridgehead atoms. The highest BCUT2D eigenvalue weighted by molar-refractivity contribution is 7.13. The van der Waals surface area contributed by atoms with Gasteiger partial charge in [0, 0.05) is 39.9 Å². The highest BCUT2D eigenvalue weighted by Gasteiger charge is 2.08. The molecule has 0 spiro atoms. The van der Waals surface area contributed by atoms with Gasteiger partial charge < -0.3 is 0 Å². The van der Waals surface area contributed by atoms with Crippen LogP contribution in [0, 0.1) is 0 Å². The summed E-state index contributed by atoms with van der Waals surface area (Å²) in [6, 6.07) is 9.69. The Morgan fingerprint density at radius 3 is 2.55 bits per heavy atom. The first-order chi connectivity index (χ1) is 9.72. The monoisotopic (exact) mass is 321 g/mol. The molecule has 0 atom stereocenters. The molecule has 2 nitrogen and oxygen atoms in total. The fraction of sp³-hybridized carbons (Fsp3) is 0.0667. The quantitative estimate of drug-likeness (QED) is 0.651. The minimum Gasteiger partial charge on any atom is -0.245 e. The van der Waals surface area contributed by atoms with Crippen LogP contribution in [0.3, 0.4) is 0 Å². The summed E-state index contributed by atoms with van der Waals surface area (Å²) >= 11 is 13.7. The molecule has 2 aromatic heterocycles. The Hall–Kier alpha value is -1.42. The molecule has 0 N–H and O–H groups in total. The molecule has 0 amide bonds. The lowest BCUT2D eigenvalue weighted by Gasteiger charge is -2.02. The van der Waals surface area contributed by atoms with E-state index in [0.717, 1.165) is 16.1 Å². The average molecular weight is 322 g/mol. The van der Waals surface area contributed by atoms with Crippen LogP contribution in [0.1, 0.15) is 5.56 Å². The standard InChI is InChI=1S/C15H11Cl2N2S/c16-13-2-1-12(14(17)9-13)10-19-6-3-11(4-7-19)15-18-5-8-20-15/h1-9H,10H2/q+1. The van der Waals surface area contributed by atoms with Crippen molar-refractivity contribution in [2.24, 2.45) is 0 Å². The van der Waals surface area contributed by atoms with Crippen LogP contribution in [0.5, 0.6) is 0 Å². The maximum atomic E-state index is 6.19. The number of nitrogens with zero attached hydrogens (tertiary/aromatic N) is 2. The van der Waals surface area contributed by atoms with Gasteiger partial charge in [0.1, 0.15) is 5.01 Å². The summed E-state index contributed by atoms with van der Waals surface area (Å²) in [5, 5.41) is 4.35. The molecule has 100 valence electrons. The lowest BCUT2D eigenvalue weighted by Crippen LogP contribution is -2.33. The second kappa shape index (κ2) is 5.92. The smallest absolute Gasteiger partial charge is 0.175 e. The predicted octanol–water partition coefficient (Wildman–Crippen LogP) is 4.45. The van der Waals surface area contributed by atoms with E-state index < -0.39 is 0 Å². The van der Waals surface area contributed by atoms with E-state index in [0.29, 0.717) is 16.6 Å². The molecule has 0 radical (unpaired) electrons. The third-order valence-corrected chi connectivity index (χ3v) is 4.35. The van der Waals surface area contributed by atoms with E-state index in [1.807, 2.05) is 36.1 Å². The molecular weight excluding hydrogens is 311 g/mol. The zero-order valence-corrected chi connectivity index (χ0v) is 12.8. The van der Waals surface area contributed by atoms with Gasteiger partial charge in [-0.3, -0.25) is 0 Å². The molecule has 0 saturated carbocycles. The van der Waals surface area contributed by atoms with Gasteiger partial charge in [0.2, 0.25) is 0 Å². The van der Waals surface area contributed by atoms with Crippen molar-refractivity contribution in [2.45, 2.75) is 6.54 Å². The van der Waals surface area contributed by atoms with Crippen LogP contribution in [0.15, 0.2) is 54.3 Å². The van der Waals surface area contributed by atoms with Gasteiger partial charge in [-0.1, -0.05) is 23.2 Å². The lowest BCUT2D eigenvalue weighted by atomic mass is 10.2. The largest absolute Gasteiger partial charge is 0.245 e. The minimum atomic E-state index is 0.655. The van der Waals surface area contributed by atoms with Crippen molar-refractivity contribution >= 4 is 34.5 Å². The number of hydrogen-bond acceptors (Lipinski definition) is 2. The Morgan fingerprint density at radius 1 is 1.10 bits per heavy atom. The topological polar surface area (TPSA) is 16.8 Å². The van der Waals surface area contributed by atoms with Crippen molar-refractivity contribution in [1.29, 1.82) is 0 Å². The molecule has 0 unspecified atom stereocenters. The van der Waals surface area contributed by atoms with E-state index in [1.54, 1.807) is 17.4 Å². The summed E-state index contributed by atoms with van der Waals surface area (Å²) < 4.78 is 2.08. The van der Waals surface area contributed by atoms with E-state index in [-0.39, 0.29) is 0 Å². The number of pyridine rings is 1. The molecule has 5 heteroatoms. The summed E-state index contributed by atoms with van der Waals surface area (Å²) in [6.45, 7) is 0.716. The molecule has 0 aliphatic rings. The van der Waals surface area contributed by atoms with Gasteiger partial charge in [0.05, 0.1) is 5.02 Å². The maximum absolute atomic E-state index is 6.19. The van der Waals surface area contributed by atoms with E-state index >= 15 is 0 Å². The Bertz CT molecular complexity index is 709. The highest BCUT2D eigenvalue weighted by atomic mass is 35.5. The highest BCUT2D eigenvalue weighted by Crippen LogP contribution is 2.22. The van der Waals surface area contributed by atoms with Gasteiger partial charge in [-0.2, -0.15) is 0 Å². The van der Waals surface area contributed by atoms with Gasteiger partial charge in [0.25, 0.3) is 0 Å². The molecule has 0 fully saturated rings. The first-order valence-corrected chi connectivity index (χ1v) is 7.69. The molecule has 20 heavy (non-hydrogen) atoms. The number of hydrogen-bond donors (Lipinski definition) is 0. The first-order valence-electron chi connectivity index (χ1n) is 6.05. The van der Waals surface area contributed by atoms with Crippen molar-refractivity contribution < 1.29 is 4.57 Å². The summed E-state index contributed by atoms with van der Waals surface area (Å²) in [6.07, 6.45) is 5.87. The molecule has 3 rings (SSSR count). The van der Waals surface area contributed by atoms with Gasteiger partial charge in [0.15, 0.2) is 18.9 Å². The van der Waals surface area contributed by atoms with Gasteiger partial charge >= 0.3 is 0 Å². The van der Waals surface area contributed by atoms with Crippen molar-refractivity contribution in [2.75, 3.05) is 0 Å². The van der Waals surface area contributed by atoms with E-state index in [9.17, 15) is 0 Å². The minimum absolute atomic E-state index is 0.655. The van der Waals surface area contributed by atoms with Crippen LogP contribution < -0.4 is 4.57 Å². The normalized spacial score (nSPS) is 10.7. The third kappa shape index (κ3) is 3.01. The first kappa shape index (κ1) is 13.6. The Balaban J connectivity index is 1.81. The van der Waals surface area contributed by atoms with E-state index in [4.69, 9.17) is 23.2 Å². The zero-order chi connectivity index (χ0) is 13.9. The third-order valence-electron chi connectivity index (χ3n) is 2.94. The molecule has 0 aliphatic carbocycles. The van der Waals surface area contributed by atoms with Crippen LogP contribution >= 0.6 is 34.5 Å². The number of aromatic nitrogens is 2. The summed E-state index contributed by atoms with van der Waals surface area (Å²) in [4.78, 5) is 4.30. The molecule has 0 saturated heterocycles. The number of benzene rings is 1. The second-order valence-electron chi connectivity index (χ2n) is 4.33. The van der Waals surface area contributed by atoms with Gasteiger partial charge in [-0.05, 0) is 18.2 Å². The van der Waals surface area contributed by atoms with E-state index in [1.165, 1.54) is 0 Å². The van der Waals surface area contributed by atoms with E-state index in [2.05, 4.69) is 21.7 Å². The van der Waals surface area contributed by atoms with Gasteiger partial charge in [-0.15, -0.1) is 11.3 Å². The molecule has 2 heterocycles. The maximum Gasteiger partial charge on any atom is 0.175 e. The van der Waals surface area contributed by atoms with Crippen molar-refractivity contribution in [1.82, 2.24) is 4.98 Å². The molecule has 0 aliphatic heterocycles. The van der Waals surface area contributed by atoms with Crippen LogP contribution in [-0.4, -0.2) is 4.98 Å². The lowest BCUT2D eigenvalue weighted by molar-refractivity contribution is -0.688. The number of thiazole rings is 1. The fourth-order valence-electron chi connectivity index (χ4n) is 1.92. The second-order valence-corrected chi connectivity index (χ2v) is 6.07. The summed E-state index contributed by atoms with van der Waals surface area (Å²) in [7, 11) is 0. The van der Waals surface area contributed by atoms with Crippen LogP contribution in [0.25, 0.3) is 10.6 Å². The Morgan fingerprint density at radius 2 is 1.90 bits per heavy atom. The Kier molecular flexibility index (Phi) is 4.01. The summed E-state index contributed by atoms with van der Waals surface area (Å²) in [5.74, 6) is 0. The molecule has 3 aromatic rings. The predicted molar refractivity (Wildman–Crippen MR) is 83.3 cm³/mol. The zero-order valence-electron chi connectivity index (χ0n) is 10.5. The average Bonchev–Trinajstić information content (AvgIpc) is 2.97. The SMILES string of the molecule is Clc1ccc(C[n+]2ccc(-c3nccs3)cc2)c(Cl)c1. The fourth-order valence-corrected chi connectivity index (χ4v) is 3.03. The molecule has 1 aromatic carbocycles. The number of halogens is 2. The molecular formula is C15H11Cl2N2S+. The number of rotatable bonds is 3. The van der Waals surface area contributed by atoms with Crippen molar-refractivity contribution in [3.05, 3.63) is 69.9 Å². The van der Waals surface area contributed by atoms with Gasteiger partial charge in [-0.25, -0.2) is 9.55 Å². The van der Waals surface area contributed by atoms with Crippen molar-refractivity contribution in [3.8, 4) is 10.6 Å². The Labute approximate surface area is 131 Å². The van der Waals surface area contributed by atoms with Crippen LogP contribution in [-0.2, 0) is 6.54 Å².